The number of carbonyl (C=O) groups excluding carboxylic acids is 1. The maximum atomic E-state index is 12.2. The van der Waals surface area contributed by atoms with Crippen molar-refractivity contribution in [3.63, 3.8) is 0 Å². The van der Waals surface area contributed by atoms with Crippen LogP contribution < -0.4 is 10.9 Å². The lowest BCUT2D eigenvalue weighted by Gasteiger charge is -2.04. The van der Waals surface area contributed by atoms with Gasteiger partial charge in [-0.3, -0.25) is 9.59 Å². The van der Waals surface area contributed by atoms with E-state index in [4.69, 9.17) is 5.11 Å². The fraction of sp³-hybridized carbons (Fsp3) is 0.0769. The molecule has 0 saturated heterocycles. The van der Waals surface area contributed by atoms with Gasteiger partial charge in [-0.1, -0.05) is 0 Å². The molecule has 0 spiro atoms. The number of carbonyl (C=O) groups is 1. The molecule has 0 aromatic carbocycles. The van der Waals surface area contributed by atoms with Gasteiger partial charge in [-0.15, -0.1) is 0 Å². The summed E-state index contributed by atoms with van der Waals surface area (Å²) in [6.45, 7) is -0.151. The Bertz CT molecular complexity index is 867. The van der Waals surface area contributed by atoms with Crippen LogP contribution in [0, 0.1) is 0 Å². The summed E-state index contributed by atoms with van der Waals surface area (Å²) < 4.78 is 0. The molecule has 4 N–H and O–H groups in total. The van der Waals surface area contributed by atoms with E-state index in [1.807, 2.05) is 0 Å². The first-order valence-corrected chi connectivity index (χ1v) is 6.11. The van der Waals surface area contributed by atoms with Gasteiger partial charge in [0.1, 0.15) is 11.5 Å². The molecule has 3 aromatic rings. The van der Waals surface area contributed by atoms with Crippen molar-refractivity contribution < 1.29 is 9.90 Å². The van der Waals surface area contributed by atoms with Crippen LogP contribution in [0.25, 0.3) is 11.0 Å². The molecule has 0 fully saturated rings. The molecule has 0 atom stereocenters. The van der Waals surface area contributed by atoms with Gasteiger partial charge in [-0.05, 0) is 17.7 Å². The SMILES string of the molecule is O=C(Nc1cc(CO)ccn1)c1c[nH]c2nc[nH]c(=O)c12. The average Bonchev–Trinajstić information content (AvgIpc) is 2.93. The molecule has 0 saturated carbocycles. The van der Waals surface area contributed by atoms with Crippen LogP contribution in [0.2, 0.25) is 0 Å². The van der Waals surface area contributed by atoms with Crippen LogP contribution in [0.3, 0.4) is 0 Å². The number of rotatable bonds is 3. The van der Waals surface area contributed by atoms with Gasteiger partial charge >= 0.3 is 0 Å². The van der Waals surface area contributed by atoms with E-state index < -0.39 is 11.5 Å². The molecule has 0 bridgehead atoms. The fourth-order valence-electron chi connectivity index (χ4n) is 1.98. The molecule has 0 unspecified atom stereocenters. The third kappa shape index (κ3) is 2.39. The molecule has 3 rings (SSSR count). The predicted octanol–water partition coefficient (Wildman–Crippen LogP) is 0.391. The van der Waals surface area contributed by atoms with Crippen molar-refractivity contribution in [1.29, 1.82) is 0 Å². The molecule has 0 radical (unpaired) electrons. The van der Waals surface area contributed by atoms with Crippen LogP contribution in [-0.4, -0.2) is 30.9 Å². The Morgan fingerprint density at radius 3 is 3.00 bits per heavy atom. The van der Waals surface area contributed by atoms with Crippen molar-refractivity contribution in [1.82, 2.24) is 19.9 Å². The second-order valence-corrected chi connectivity index (χ2v) is 4.32. The number of amides is 1. The molecule has 0 aliphatic rings. The summed E-state index contributed by atoms with van der Waals surface area (Å²) >= 11 is 0. The van der Waals surface area contributed by atoms with Crippen LogP contribution in [0.5, 0.6) is 0 Å². The minimum absolute atomic E-state index is 0.151. The molecule has 3 heterocycles. The van der Waals surface area contributed by atoms with E-state index in [0.717, 1.165) is 0 Å². The number of nitrogens with one attached hydrogen (secondary N) is 3. The molecule has 3 aromatic heterocycles. The molecule has 8 nitrogen and oxygen atoms in total. The zero-order valence-electron chi connectivity index (χ0n) is 10.8. The van der Waals surface area contributed by atoms with Crippen molar-refractivity contribution in [2.24, 2.45) is 0 Å². The van der Waals surface area contributed by atoms with Gasteiger partial charge in [-0.25, -0.2) is 9.97 Å². The Kier molecular flexibility index (Phi) is 3.20. The van der Waals surface area contributed by atoms with Crippen LogP contribution in [-0.2, 0) is 6.61 Å². The van der Waals surface area contributed by atoms with Crippen LogP contribution in [0.15, 0.2) is 35.6 Å². The van der Waals surface area contributed by atoms with Crippen LogP contribution >= 0.6 is 0 Å². The van der Waals surface area contributed by atoms with E-state index in [1.165, 1.54) is 18.7 Å². The number of hydrogen-bond donors (Lipinski definition) is 4. The third-order valence-electron chi connectivity index (χ3n) is 2.97. The molecule has 106 valence electrons. The highest BCUT2D eigenvalue weighted by Gasteiger charge is 2.16. The molecule has 0 aliphatic carbocycles. The summed E-state index contributed by atoms with van der Waals surface area (Å²) in [4.78, 5) is 37.1. The largest absolute Gasteiger partial charge is 0.392 e. The number of aliphatic hydroxyl groups excluding tert-OH is 1. The highest BCUT2D eigenvalue weighted by Crippen LogP contribution is 2.14. The lowest BCUT2D eigenvalue weighted by molar-refractivity contribution is 0.102. The monoisotopic (exact) mass is 285 g/mol. The Morgan fingerprint density at radius 2 is 2.19 bits per heavy atom. The number of anilines is 1. The number of aromatic nitrogens is 4. The van der Waals surface area contributed by atoms with Crippen molar-refractivity contribution in [2.45, 2.75) is 6.61 Å². The van der Waals surface area contributed by atoms with Crippen molar-refractivity contribution >= 4 is 22.8 Å². The van der Waals surface area contributed by atoms with Gasteiger partial charge in [0, 0.05) is 12.4 Å². The standard InChI is InChI=1S/C13H11N5O3/c19-5-7-1-2-14-9(3-7)18-12(20)8-4-15-11-10(8)13(21)17-6-16-11/h1-4,6,19H,5H2,(H,14,18,20)(H2,15,16,17,21). The van der Waals surface area contributed by atoms with E-state index in [1.54, 1.807) is 12.1 Å². The maximum absolute atomic E-state index is 12.2. The average molecular weight is 285 g/mol. The fourth-order valence-corrected chi connectivity index (χ4v) is 1.98. The first kappa shape index (κ1) is 13.0. The quantitative estimate of drug-likeness (QED) is 0.554. The highest BCUT2D eigenvalue weighted by molar-refractivity contribution is 6.11. The molecule has 0 aliphatic heterocycles. The van der Waals surface area contributed by atoms with E-state index in [0.29, 0.717) is 17.0 Å². The highest BCUT2D eigenvalue weighted by atomic mass is 16.3. The first-order chi connectivity index (χ1) is 10.2. The van der Waals surface area contributed by atoms with Crippen LogP contribution in [0.1, 0.15) is 15.9 Å². The van der Waals surface area contributed by atoms with Gasteiger partial charge in [0.05, 0.1) is 23.9 Å². The van der Waals surface area contributed by atoms with Gasteiger partial charge in [0.25, 0.3) is 11.5 Å². The lowest BCUT2D eigenvalue weighted by atomic mass is 10.2. The summed E-state index contributed by atoms with van der Waals surface area (Å²) in [6.07, 6.45) is 4.15. The van der Waals surface area contributed by atoms with Crippen molar-refractivity contribution in [3.8, 4) is 0 Å². The van der Waals surface area contributed by atoms with Crippen LogP contribution in [0.4, 0.5) is 5.82 Å². The van der Waals surface area contributed by atoms with Crippen molar-refractivity contribution in [3.05, 3.63) is 52.3 Å². The summed E-state index contributed by atoms with van der Waals surface area (Å²) in [7, 11) is 0. The normalized spacial score (nSPS) is 10.7. The van der Waals surface area contributed by atoms with Gasteiger partial charge < -0.3 is 20.4 Å². The molecular weight excluding hydrogens is 274 g/mol. The second kappa shape index (κ2) is 5.17. The summed E-state index contributed by atoms with van der Waals surface area (Å²) in [5.74, 6) is -0.191. The number of nitrogens with zero attached hydrogens (tertiary/aromatic N) is 2. The smallest absolute Gasteiger partial charge is 0.261 e. The zero-order valence-corrected chi connectivity index (χ0v) is 10.8. The summed E-state index contributed by atoms with van der Waals surface area (Å²) in [6, 6.07) is 3.19. The minimum Gasteiger partial charge on any atom is -0.392 e. The van der Waals surface area contributed by atoms with E-state index in [-0.39, 0.29) is 17.6 Å². The zero-order chi connectivity index (χ0) is 14.8. The number of aliphatic hydroxyl groups is 1. The van der Waals surface area contributed by atoms with E-state index >= 15 is 0 Å². The minimum atomic E-state index is -0.484. The van der Waals surface area contributed by atoms with E-state index in [2.05, 4.69) is 25.3 Å². The molecule has 8 heteroatoms. The molecule has 1 amide bonds. The number of hydrogen-bond acceptors (Lipinski definition) is 5. The van der Waals surface area contributed by atoms with Gasteiger partial charge in [-0.2, -0.15) is 0 Å². The number of aromatic amines is 2. The topological polar surface area (TPSA) is 124 Å². The van der Waals surface area contributed by atoms with Gasteiger partial charge in [0.15, 0.2) is 0 Å². The maximum Gasteiger partial charge on any atom is 0.261 e. The Labute approximate surface area is 117 Å². The number of fused-ring (bicyclic) bond motifs is 1. The molecular formula is C13H11N5O3. The predicted molar refractivity (Wildman–Crippen MR) is 74.8 cm³/mol. The Balaban J connectivity index is 1.96. The van der Waals surface area contributed by atoms with Crippen molar-refractivity contribution in [2.75, 3.05) is 5.32 Å². The second-order valence-electron chi connectivity index (χ2n) is 4.32. The summed E-state index contributed by atoms with van der Waals surface area (Å²) in [5, 5.41) is 11.8. The summed E-state index contributed by atoms with van der Waals surface area (Å²) in [5.41, 5.74) is 0.735. The third-order valence-corrected chi connectivity index (χ3v) is 2.97. The number of pyridine rings is 1. The molecule has 21 heavy (non-hydrogen) atoms. The first-order valence-electron chi connectivity index (χ1n) is 6.11. The van der Waals surface area contributed by atoms with E-state index in [9.17, 15) is 9.59 Å². The van der Waals surface area contributed by atoms with Gasteiger partial charge in [0.2, 0.25) is 0 Å². The Hall–Kier alpha value is -3.00. The Morgan fingerprint density at radius 1 is 1.33 bits per heavy atom. The lowest BCUT2D eigenvalue weighted by Crippen LogP contribution is -2.16. The number of H-pyrrole nitrogens is 2.